The molecule has 0 radical (unpaired) electrons. The van der Waals surface area contributed by atoms with Gasteiger partial charge in [0.25, 0.3) is 0 Å². The molecule has 0 bridgehead atoms. The summed E-state index contributed by atoms with van der Waals surface area (Å²) in [4.78, 5) is 14.1. The second kappa shape index (κ2) is 2.55. The van der Waals surface area contributed by atoms with E-state index >= 15 is 0 Å². The monoisotopic (exact) mass is 173 g/mol. The Morgan fingerprint density at radius 3 is 2.55 bits per heavy atom. The van der Waals surface area contributed by atoms with E-state index < -0.39 is 21.7 Å². The van der Waals surface area contributed by atoms with Crippen LogP contribution in [-0.4, -0.2) is 25.6 Å². The Morgan fingerprint density at radius 2 is 2.36 bits per heavy atom. The van der Waals surface area contributed by atoms with E-state index in [0.29, 0.717) is 0 Å². The minimum Gasteiger partial charge on any atom is -0.771 e. The molecular weight excluding hydrogens is 168 g/mol. The van der Waals surface area contributed by atoms with Crippen LogP contribution in [0.4, 0.5) is 0 Å². The van der Waals surface area contributed by atoms with Gasteiger partial charge in [0.15, 0.2) is 4.75 Å². The number of hydrogen-bond acceptors (Lipinski definition) is 4. The molecule has 11 heavy (non-hydrogen) atoms. The van der Waals surface area contributed by atoms with Crippen molar-refractivity contribution in [2.45, 2.75) is 4.75 Å². The maximum Gasteiger partial charge on any atom is 0.244 e. The fourth-order valence-corrected chi connectivity index (χ4v) is 1.16. The van der Waals surface area contributed by atoms with Crippen molar-refractivity contribution >= 4 is 23.2 Å². The summed E-state index contributed by atoms with van der Waals surface area (Å²) in [5, 5.41) is 0. The molecule has 1 rings (SSSR count). The van der Waals surface area contributed by atoms with E-state index in [2.05, 4.69) is 4.99 Å². The van der Waals surface area contributed by atoms with Crippen LogP contribution < -0.4 is 5.73 Å². The van der Waals surface area contributed by atoms with Gasteiger partial charge in [0.1, 0.15) is 0 Å². The molecule has 0 spiro atoms. The van der Waals surface area contributed by atoms with Crippen LogP contribution in [0.1, 0.15) is 0 Å². The number of primary amides is 1. The Labute approximate surface area is 65.3 Å². The number of carbonyl (C=O) groups excluding carboxylic acids is 1. The molecule has 0 saturated heterocycles. The second-order valence-electron chi connectivity index (χ2n) is 1.99. The molecule has 1 heterocycles. The highest BCUT2D eigenvalue weighted by Gasteiger charge is 2.35. The van der Waals surface area contributed by atoms with Gasteiger partial charge in [0.2, 0.25) is 5.91 Å². The van der Waals surface area contributed by atoms with Gasteiger partial charge in [-0.2, -0.15) is 0 Å². The van der Waals surface area contributed by atoms with Gasteiger partial charge in [-0.1, -0.05) is 0 Å². The van der Waals surface area contributed by atoms with E-state index in [4.69, 9.17) is 5.73 Å². The van der Waals surface area contributed by atoms with Crippen LogP contribution in [0.5, 0.6) is 0 Å². The van der Waals surface area contributed by atoms with Gasteiger partial charge in [-0.05, 0) is 17.2 Å². The zero-order valence-electron chi connectivity index (χ0n) is 5.39. The number of rotatable bonds is 2. The highest BCUT2D eigenvalue weighted by atomic mass is 32.2. The summed E-state index contributed by atoms with van der Waals surface area (Å²) in [5.74, 6) is -0.941. The predicted octanol–water partition coefficient (Wildman–Crippen LogP) is -1.31. The Kier molecular flexibility index (Phi) is 1.88. The Balaban J connectivity index is 3.09. The average molecular weight is 173 g/mol. The first kappa shape index (κ1) is 8.09. The second-order valence-corrected chi connectivity index (χ2v) is 3.13. The lowest BCUT2D eigenvalue weighted by Crippen LogP contribution is -2.46. The van der Waals surface area contributed by atoms with Crippen molar-refractivity contribution in [3.8, 4) is 0 Å². The molecule has 0 saturated carbocycles. The van der Waals surface area contributed by atoms with Crippen LogP contribution in [0, 0.1) is 0 Å². The predicted molar refractivity (Wildman–Crippen MR) is 38.5 cm³/mol. The minimum absolute atomic E-state index is 0.941. The summed E-state index contributed by atoms with van der Waals surface area (Å²) in [6.45, 7) is 0. The van der Waals surface area contributed by atoms with Crippen LogP contribution >= 0.6 is 0 Å². The Bertz CT molecular complexity index is 243. The van der Waals surface area contributed by atoms with Crippen molar-refractivity contribution in [2.24, 2.45) is 10.7 Å². The molecule has 0 fully saturated rings. The van der Waals surface area contributed by atoms with E-state index in [0.717, 1.165) is 12.3 Å². The lowest BCUT2D eigenvalue weighted by atomic mass is 10.1. The molecule has 1 aliphatic heterocycles. The number of nitrogens with two attached hydrogens (primary N) is 1. The van der Waals surface area contributed by atoms with Crippen LogP contribution in [0.3, 0.4) is 0 Å². The summed E-state index contributed by atoms with van der Waals surface area (Å²) in [5.41, 5.74) is 4.86. The fourth-order valence-electron chi connectivity index (χ4n) is 0.677. The van der Waals surface area contributed by atoms with E-state index in [1.54, 1.807) is 0 Å². The zero-order valence-corrected chi connectivity index (χ0v) is 6.21. The molecule has 0 aromatic carbocycles. The van der Waals surface area contributed by atoms with E-state index in [9.17, 15) is 13.6 Å². The van der Waals surface area contributed by atoms with E-state index in [-0.39, 0.29) is 0 Å². The number of nitrogens with zero attached hydrogens (tertiary/aromatic N) is 1. The van der Waals surface area contributed by atoms with Crippen molar-refractivity contribution in [3.05, 3.63) is 12.3 Å². The molecule has 0 aromatic heterocycles. The quantitative estimate of drug-likeness (QED) is 0.525. The maximum atomic E-state index is 10.7. The fraction of sp³-hybridized carbons (Fsp3) is 0.200. The zero-order chi connectivity index (χ0) is 8.48. The van der Waals surface area contributed by atoms with Crippen molar-refractivity contribution in [1.82, 2.24) is 0 Å². The van der Waals surface area contributed by atoms with Gasteiger partial charge in [-0.15, -0.1) is 0 Å². The summed E-state index contributed by atoms with van der Waals surface area (Å²) >= 11 is -2.59. The molecule has 1 aliphatic rings. The lowest BCUT2D eigenvalue weighted by molar-refractivity contribution is -0.117. The van der Waals surface area contributed by atoms with Crippen LogP contribution in [0.25, 0.3) is 0 Å². The Hall–Kier alpha value is -1.01. The summed E-state index contributed by atoms with van der Waals surface area (Å²) in [6.07, 6.45) is 3.36. The third-order valence-corrected chi connectivity index (χ3v) is 2.33. The van der Waals surface area contributed by atoms with Crippen molar-refractivity contribution in [2.75, 3.05) is 0 Å². The molecular formula is C5H5N2O3S-. The molecule has 0 aromatic rings. The summed E-state index contributed by atoms with van der Waals surface area (Å²) < 4.78 is 19.3. The third-order valence-electron chi connectivity index (χ3n) is 1.34. The van der Waals surface area contributed by atoms with Crippen LogP contribution in [-0.2, 0) is 15.9 Å². The van der Waals surface area contributed by atoms with Gasteiger partial charge >= 0.3 is 0 Å². The third kappa shape index (κ3) is 1.10. The summed E-state index contributed by atoms with van der Waals surface area (Å²) in [6, 6.07) is 0. The molecule has 2 unspecified atom stereocenters. The standard InChI is InChI=1S/C5H6N2O3S/c6-4(8)5(11(9)10)1-2-7-3-5/h1-3H,(H2,6,8)(H,9,10)/p-1. The molecule has 1 amide bonds. The highest BCUT2D eigenvalue weighted by molar-refractivity contribution is 7.82. The first-order chi connectivity index (χ1) is 5.09. The lowest BCUT2D eigenvalue weighted by Gasteiger charge is -2.22. The first-order valence-corrected chi connectivity index (χ1v) is 3.78. The first-order valence-electron chi connectivity index (χ1n) is 2.71. The highest BCUT2D eigenvalue weighted by Crippen LogP contribution is 2.16. The smallest absolute Gasteiger partial charge is 0.244 e. The molecule has 2 atom stereocenters. The van der Waals surface area contributed by atoms with Crippen LogP contribution in [0.15, 0.2) is 17.3 Å². The maximum absolute atomic E-state index is 10.7. The molecule has 2 N–H and O–H groups in total. The van der Waals surface area contributed by atoms with E-state index in [1.165, 1.54) is 6.20 Å². The van der Waals surface area contributed by atoms with Crippen molar-refractivity contribution < 1.29 is 13.6 Å². The molecule has 5 nitrogen and oxygen atoms in total. The largest absolute Gasteiger partial charge is 0.771 e. The van der Waals surface area contributed by atoms with Gasteiger partial charge < -0.3 is 10.3 Å². The topological polar surface area (TPSA) is 95.6 Å². The van der Waals surface area contributed by atoms with Gasteiger partial charge in [0.05, 0.1) is 0 Å². The SMILES string of the molecule is NC(=O)C1(S(=O)[O-])C=CN=C1. The number of aliphatic imine (C=N–C) groups is 1. The van der Waals surface area contributed by atoms with Crippen molar-refractivity contribution in [3.63, 3.8) is 0 Å². The number of amides is 1. The van der Waals surface area contributed by atoms with Gasteiger partial charge in [-0.25, -0.2) is 0 Å². The molecule has 60 valence electrons. The normalized spacial score (nSPS) is 30.6. The number of hydrogen-bond donors (Lipinski definition) is 1. The van der Waals surface area contributed by atoms with Crippen LogP contribution in [0.2, 0.25) is 0 Å². The minimum atomic E-state index is -2.59. The van der Waals surface area contributed by atoms with Gasteiger partial charge in [0, 0.05) is 12.4 Å². The van der Waals surface area contributed by atoms with E-state index in [1.807, 2.05) is 0 Å². The summed E-state index contributed by atoms with van der Waals surface area (Å²) in [7, 11) is 0. The number of carbonyl (C=O) groups is 1. The molecule has 0 aliphatic carbocycles. The van der Waals surface area contributed by atoms with Gasteiger partial charge in [-0.3, -0.25) is 14.0 Å². The Morgan fingerprint density at radius 1 is 1.73 bits per heavy atom. The average Bonchev–Trinajstić information content (AvgIpc) is 2.34. The molecule has 6 heteroatoms. The van der Waals surface area contributed by atoms with Crippen molar-refractivity contribution in [1.29, 1.82) is 0 Å².